The summed E-state index contributed by atoms with van der Waals surface area (Å²) in [5.74, 6) is -1.65. The number of ketones is 1. The second kappa shape index (κ2) is 3.69. The first kappa shape index (κ1) is 10.4. The Bertz CT molecular complexity index is 183. The van der Waals surface area contributed by atoms with Gasteiger partial charge in [0.25, 0.3) is 0 Å². The molecule has 11 heavy (non-hydrogen) atoms. The Morgan fingerprint density at radius 1 is 1.55 bits per heavy atom. The molecular formula is C6H10ClNO3. The van der Waals surface area contributed by atoms with Gasteiger partial charge in [-0.05, 0) is 0 Å². The maximum Gasteiger partial charge on any atom is 0.308 e. The second-order valence-electron chi connectivity index (χ2n) is 2.56. The predicted molar refractivity (Wildman–Crippen MR) is 40.6 cm³/mol. The largest absolute Gasteiger partial charge is 0.481 e. The molecule has 0 aromatic carbocycles. The van der Waals surface area contributed by atoms with E-state index in [1.807, 2.05) is 0 Å². The number of carbonyl (C=O) groups is 2. The van der Waals surface area contributed by atoms with Crippen molar-refractivity contribution in [1.82, 2.24) is 0 Å². The fraction of sp³-hybridized carbons (Fsp3) is 0.667. The van der Waals surface area contributed by atoms with Crippen LogP contribution in [-0.2, 0) is 9.59 Å². The van der Waals surface area contributed by atoms with Crippen molar-refractivity contribution in [2.24, 2.45) is 11.7 Å². The molecule has 4 nitrogen and oxygen atoms in total. The summed E-state index contributed by atoms with van der Waals surface area (Å²) in [6.45, 7) is 0. The van der Waals surface area contributed by atoms with E-state index in [0.717, 1.165) is 0 Å². The highest BCUT2D eigenvalue weighted by molar-refractivity contribution is 5.88. The van der Waals surface area contributed by atoms with Crippen LogP contribution in [-0.4, -0.2) is 22.9 Å². The molecule has 0 radical (unpaired) electrons. The van der Waals surface area contributed by atoms with Crippen molar-refractivity contribution in [3.05, 3.63) is 0 Å². The van der Waals surface area contributed by atoms with E-state index in [0.29, 0.717) is 0 Å². The molecule has 1 aliphatic carbocycles. The molecule has 0 aliphatic heterocycles. The Balaban J connectivity index is 0.000001000. The van der Waals surface area contributed by atoms with Crippen molar-refractivity contribution >= 4 is 24.2 Å². The fourth-order valence-electron chi connectivity index (χ4n) is 1.16. The summed E-state index contributed by atoms with van der Waals surface area (Å²) in [6.07, 6.45) is 0.327. The number of halogens is 1. The lowest BCUT2D eigenvalue weighted by Gasteiger charge is -2.06. The molecule has 0 spiro atoms. The van der Waals surface area contributed by atoms with E-state index in [9.17, 15) is 9.59 Å². The van der Waals surface area contributed by atoms with Gasteiger partial charge in [0.1, 0.15) is 5.78 Å². The first-order valence-electron chi connectivity index (χ1n) is 3.11. The zero-order valence-electron chi connectivity index (χ0n) is 5.82. The summed E-state index contributed by atoms with van der Waals surface area (Å²) in [4.78, 5) is 21.0. The Kier molecular flexibility index (Phi) is 3.48. The van der Waals surface area contributed by atoms with E-state index in [2.05, 4.69) is 0 Å². The van der Waals surface area contributed by atoms with Gasteiger partial charge in [0.2, 0.25) is 0 Å². The van der Waals surface area contributed by atoms with Gasteiger partial charge in [0.05, 0.1) is 5.92 Å². The van der Waals surface area contributed by atoms with Gasteiger partial charge in [-0.2, -0.15) is 0 Å². The van der Waals surface area contributed by atoms with Crippen LogP contribution < -0.4 is 5.73 Å². The molecule has 0 saturated heterocycles. The highest BCUT2D eigenvalue weighted by atomic mass is 35.5. The predicted octanol–water partition coefficient (Wildman–Crippen LogP) is -0.201. The van der Waals surface area contributed by atoms with Crippen molar-refractivity contribution in [2.75, 3.05) is 0 Å². The lowest BCUT2D eigenvalue weighted by atomic mass is 10.1. The van der Waals surface area contributed by atoms with Gasteiger partial charge >= 0.3 is 5.97 Å². The number of carboxylic acids is 1. The molecule has 1 rings (SSSR count). The zero-order valence-corrected chi connectivity index (χ0v) is 6.63. The zero-order chi connectivity index (χ0) is 7.72. The molecule has 5 heteroatoms. The number of carbonyl (C=O) groups excluding carboxylic acids is 1. The summed E-state index contributed by atoms with van der Waals surface area (Å²) < 4.78 is 0. The van der Waals surface area contributed by atoms with E-state index in [1.54, 1.807) is 0 Å². The van der Waals surface area contributed by atoms with Gasteiger partial charge in [-0.3, -0.25) is 9.59 Å². The van der Waals surface area contributed by atoms with Gasteiger partial charge in [0, 0.05) is 18.9 Å². The Morgan fingerprint density at radius 2 is 2.09 bits per heavy atom. The Morgan fingerprint density at radius 3 is 2.27 bits per heavy atom. The first-order valence-corrected chi connectivity index (χ1v) is 3.11. The molecule has 0 amide bonds. The minimum absolute atomic E-state index is 0. The van der Waals surface area contributed by atoms with Crippen LogP contribution in [0, 0.1) is 5.92 Å². The molecular weight excluding hydrogens is 170 g/mol. The minimum atomic E-state index is -0.960. The lowest BCUT2D eigenvalue weighted by molar-refractivity contribution is -0.142. The van der Waals surface area contributed by atoms with E-state index in [1.165, 1.54) is 0 Å². The molecule has 0 aromatic rings. The standard InChI is InChI=1S/C6H9NO3.ClH/c7-5-2-3(8)1-4(5)6(9)10;/h4-5H,1-2,7H2,(H,9,10);1H/t4-,5+;/m0./s1. The highest BCUT2D eigenvalue weighted by Gasteiger charge is 2.35. The molecule has 0 unspecified atom stereocenters. The highest BCUT2D eigenvalue weighted by Crippen LogP contribution is 2.20. The monoisotopic (exact) mass is 179 g/mol. The quantitative estimate of drug-likeness (QED) is 0.584. The topological polar surface area (TPSA) is 80.4 Å². The van der Waals surface area contributed by atoms with E-state index < -0.39 is 17.9 Å². The summed E-state index contributed by atoms with van der Waals surface area (Å²) in [6, 6.07) is -0.468. The van der Waals surface area contributed by atoms with Crippen LogP contribution in [0.15, 0.2) is 0 Å². The number of nitrogens with two attached hydrogens (primary N) is 1. The SMILES string of the molecule is Cl.N[C@@H]1CC(=O)C[C@@H]1C(=O)O. The third-order valence-corrected chi connectivity index (χ3v) is 1.74. The molecule has 1 saturated carbocycles. The first-order chi connectivity index (χ1) is 4.61. The molecule has 0 heterocycles. The maximum absolute atomic E-state index is 10.6. The minimum Gasteiger partial charge on any atom is -0.481 e. The van der Waals surface area contributed by atoms with Crippen molar-refractivity contribution < 1.29 is 14.7 Å². The third-order valence-electron chi connectivity index (χ3n) is 1.74. The molecule has 1 aliphatic rings. The molecule has 0 bridgehead atoms. The average Bonchev–Trinajstić information content (AvgIpc) is 2.10. The van der Waals surface area contributed by atoms with Crippen LogP contribution in [0.25, 0.3) is 0 Å². The van der Waals surface area contributed by atoms with Crippen molar-refractivity contribution in [2.45, 2.75) is 18.9 Å². The van der Waals surface area contributed by atoms with Crippen molar-refractivity contribution in [3.63, 3.8) is 0 Å². The summed E-state index contributed by atoms with van der Waals surface area (Å²) in [7, 11) is 0. The average molecular weight is 180 g/mol. The number of hydrogen-bond acceptors (Lipinski definition) is 3. The van der Waals surface area contributed by atoms with Crippen LogP contribution in [0.2, 0.25) is 0 Å². The van der Waals surface area contributed by atoms with Gasteiger partial charge in [-0.15, -0.1) is 12.4 Å². The van der Waals surface area contributed by atoms with E-state index in [-0.39, 0.29) is 31.0 Å². The summed E-state index contributed by atoms with van der Waals surface area (Å²) >= 11 is 0. The van der Waals surface area contributed by atoms with E-state index >= 15 is 0 Å². The number of Topliss-reactive ketones (excluding diaryl/α,β-unsaturated/α-hetero) is 1. The molecule has 0 aromatic heterocycles. The van der Waals surface area contributed by atoms with Gasteiger partial charge in [-0.25, -0.2) is 0 Å². The van der Waals surface area contributed by atoms with Gasteiger partial charge in [0.15, 0.2) is 0 Å². The molecule has 64 valence electrons. The van der Waals surface area contributed by atoms with Crippen molar-refractivity contribution in [1.29, 1.82) is 0 Å². The smallest absolute Gasteiger partial charge is 0.308 e. The summed E-state index contributed by atoms with van der Waals surface area (Å²) in [5, 5.41) is 8.47. The number of rotatable bonds is 1. The second-order valence-corrected chi connectivity index (χ2v) is 2.56. The normalized spacial score (nSPS) is 29.7. The molecule has 3 N–H and O–H groups in total. The Hall–Kier alpha value is -0.610. The molecule has 1 fully saturated rings. The van der Waals surface area contributed by atoms with Gasteiger partial charge in [-0.1, -0.05) is 0 Å². The summed E-state index contributed by atoms with van der Waals surface area (Å²) in [5.41, 5.74) is 5.37. The van der Waals surface area contributed by atoms with Gasteiger partial charge < -0.3 is 10.8 Å². The third kappa shape index (κ3) is 2.17. The van der Waals surface area contributed by atoms with Crippen LogP contribution in [0.5, 0.6) is 0 Å². The van der Waals surface area contributed by atoms with Crippen LogP contribution in [0.3, 0.4) is 0 Å². The molecule has 2 atom stereocenters. The number of hydrogen-bond donors (Lipinski definition) is 2. The number of carboxylic acid groups (broad SMARTS) is 1. The van der Waals surface area contributed by atoms with Crippen molar-refractivity contribution in [3.8, 4) is 0 Å². The lowest BCUT2D eigenvalue weighted by Crippen LogP contribution is -2.30. The maximum atomic E-state index is 10.6. The van der Waals surface area contributed by atoms with Crippen LogP contribution >= 0.6 is 12.4 Å². The number of aliphatic carboxylic acids is 1. The Labute approximate surface area is 70.2 Å². The van der Waals surface area contributed by atoms with Crippen LogP contribution in [0.1, 0.15) is 12.8 Å². The van der Waals surface area contributed by atoms with E-state index in [4.69, 9.17) is 10.8 Å². The fourth-order valence-corrected chi connectivity index (χ4v) is 1.16. The van der Waals surface area contributed by atoms with Crippen LogP contribution in [0.4, 0.5) is 0 Å².